The van der Waals surface area contributed by atoms with Crippen molar-refractivity contribution >= 4 is 0 Å². The van der Waals surface area contributed by atoms with Gasteiger partial charge >= 0.3 is 0 Å². The first kappa shape index (κ1) is 13.8. The molecule has 0 aromatic carbocycles. The van der Waals surface area contributed by atoms with Gasteiger partial charge in [0, 0.05) is 12.1 Å². The number of hydrogen-bond acceptors (Lipinski definition) is 1. The highest BCUT2D eigenvalue weighted by molar-refractivity contribution is 4.79. The predicted octanol–water partition coefficient (Wildman–Crippen LogP) is 4.29. The maximum Gasteiger partial charge on any atom is 0.00694 e. The summed E-state index contributed by atoms with van der Waals surface area (Å²) in [5.41, 5.74) is 0. The van der Waals surface area contributed by atoms with Gasteiger partial charge in [0.05, 0.1) is 0 Å². The van der Waals surface area contributed by atoms with Crippen LogP contribution in [0, 0.1) is 5.92 Å². The summed E-state index contributed by atoms with van der Waals surface area (Å²) in [6.07, 6.45) is 13.0. The Labute approximate surface area is 102 Å². The van der Waals surface area contributed by atoms with Gasteiger partial charge in [-0.05, 0) is 45.4 Å². The Balaban J connectivity index is 2.25. The summed E-state index contributed by atoms with van der Waals surface area (Å²) in [5, 5.41) is 3.76. The standard InChI is InChI=1S/C15H29N/c1-4-5-10-13(2)16-14(3)15-11-8-6-7-9-12-15/h4,13-16H,1,5-12H2,2-3H3/t13?,14-/m0/s1. The highest BCUT2D eigenvalue weighted by Gasteiger charge is 2.19. The lowest BCUT2D eigenvalue weighted by Gasteiger charge is -2.27. The molecule has 94 valence electrons. The lowest BCUT2D eigenvalue weighted by atomic mass is 9.92. The summed E-state index contributed by atoms with van der Waals surface area (Å²) in [7, 11) is 0. The highest BCUT2D eigenvalue weighted by Crippen LogP contribution is 2.25. The molecule has 16 heavy (non-hydrogen) atoms. The Bertz CT molecular complexity index is 180. The van der Waals surface area contributed by atoms with Crippen LogP contribution in [-0.4, -0.2) is 12.1 Å². The van der Waals surface area contributed by atoms with E-state index in [2.05, 4.69) is 25.7 Å². The smallest absolute Gasteiger partial charge is 0.00694 e. The van der Waals surface area contributed by atoms with Gasteiger partial charge in [-0.1, -0.05) is 31.8 Å². The van der Waals surface area contributed by atoms with E-state index in [1.165, 1.54) is 44.9 Å². The maximum absolute atomic E-state index is 3.79. The summed E-state index contributed by atoms with van der Waals surface area (Å²) in [6, 6.07) is 1.33. The Morgan fingerprint density at radius 1 is 1.19 bits per heavy atom. The molecule has 1 aliphatic carbocycles. The van der Waals surface area contributed by atoms with Crippen LogP contribution in [0.3, 0.4) is 0 Å². The number of hydrogen-bond donors (Lipinski definition) is 1. The van der Waals surface area contributed by atoms with Gasteiger partial charge in [0.1, 0.15) is 0 Å². The minimum absolute atomic E-state index is 0.635. The minimum Gasteiger partial charge on any atom is -0.311 e. The maximum atomic E-state index is 3.79. The molecular formula is C15H29N. The molecule has 1 fully saturated rings. The Morgan fingerprint density at radius 2 is 1.81 bits per heavy atom. The normalized spacial score (nSPS) is 22.4. The highest BCUT2D eigenvalue weighted by atomic mass is 14.9. The van der Waals surface area contributed by atoms with Crippen LogP contribution in [0.5, 0.6) is 0 Å². The van der Waals surface area contributed by atoms with Gasteiger partial charge in [0.2, 0.25) is 0 Å². The van der Waals surface area contributed by atoms with E-state index in [0.29, 0.717) is 12.1 Å². The van der Waals surface area contributed by atoms with Crippen LogP contribution < -0.4 is 5.32 Å². The molecule has 0 saturated heterocycles. The second-order valence-electron chi connectivity index (χ2n) is 5.47. The first-order valence-corrected chi connectivity index (χ1v) is 7.11. The molecule has 0 spiro atoms. The third-order valence-electron chi connectivity index (χ3n) is 3.96. The molecule has 0 amide bonds. The van der Waals surface area contributed by atoms with Gasteiger partial charge in [0.25, 0.3) is 0 Å². The van der Waals surface area contributed by atoms with Gasteiger partial charge in [-0.3, -0.25) is 0 Å². The number of rotatable bonds is 6. The summed E-state index contributed by atoms with van der Waals surface area (Å²) in [4.78, 5) is 0. The summed E-state index contributed by atoms with van der Waals surface area (Å²) in [5.74, 6) is 0.911. The average molecular weight is 223 g/mol. The first-order valence-electron chi connectivity index (χ1n) is 7.11. The van der Waals surface area contributed by atoms with Crippen molar-refractivity contribution in [1.82, 2.24) is 5.32 Å². The quantitative estimate of drug-likeness (QED) is 0.523. The molecule has 0 heterocycles. The van der Waals surface area contributed by atoms with E-state index in [0.717, 1.165) is 12.3 Å². The van der Waals surface area contributed by atoms with Gasteiger partial charge in [-0.15, -0.1) is 6.58 Å². The van der Waals surface area contributed by atoms with Gasteiger partial charge in [-0.2, -0.15) is 0 Å². The van der Waals surface area contributed by atoms with Crippen molar-refractivity contribution in [3.8, 4) is 0 Å². The molecular weight excluding hydrogens is 194 g/mol. The van der Waals surface area contributed by atoms with Gasteiger partial charge in [0.15, 0.2) is 0 Å². The fourth-order valence-electron chi connectivity index (χ4n) is 2.85. The molecule has 0 aromatic heterocycles. The zero-order valence-corrected chi connectivity index (χ0v) is 11.2. The van der Waals surface area contributed by atoms with Crippen LogP contribution in [0.15, 0.2) is 12.7 Å². The minimum atomic E-state index is 0.635. The van der Waals surface area contributed by atoms with Crippen molar-refractivity contribution in [2.75, 3.05) is 0 Å². The second-order valence-corrected chi connectivity index (χ2v) is 5.47. The molecule has 1 nitrogen and oxygen atoms in total. The van der Waals surface area contributed by atoms with Crippen LogP contribution in [-0.2, 0) is 0 Å². The molecule has 1 rings (SSSR count). The summed E-state index contributed by atoms with van der Waals surface area (Å²) < 4.78 is 0. The van der Waals surface area contributed by atoms with E-state index in [1.807, 2.05) is 6.08 Å². The van der Waals surface area contributed by atoms with Crippen LogP contribution in [0.4, 0.5) is 0 Å². The molecule has 1 unspecified atom stereocenters. The third kappa shape index (κ3) is 5.16. The van der Waals surface area contributed by atoms with E-state index in [-0.39, 0.29) is 0 Å². The molecule has 1 aliphatic rings. The van der Waals surface area contributed by atoms with Crippen molar-refractivity contribution in [3.63, 3.8) is 0 Å². The SMILES string of the molecule is C=CCCC(C)N[C@@H](C)C1CCCCCC1. The van der Waals surface area contributed by atoms with Crippen molar-refractivity contribution in [2.24, 2.45) is 5.92 Å². The van der Waals surface area contributed by atoms with Crippen molar-refractivity contribution in [1.29, 1.82) is 0 Å². The van der Waals surface area contributed by atoms with Gasteiger partial charge in [-0.25, -0.2) is 0 Å². The zero-order valence-electron chi connectivity index (χ0n) is 11.2. The van der Waals surface area contributed by atoms with E-state index in [4.69, 9.17) is 0 Å². The van der Waals surface area contributed by atoms with E-state index < -0.39 is 0 Å². The molecule has 0 bridgehead atoms. The van der Waals surface area contributed by atoms with E-state index >= 15 is 0 Å². The molecule has 0 radical (unpaired) electrons. The number of nitrogens with one attached hydrogen (secondary N) is 1. The summed E-state index contributed by atoms with van der Waals surface area (Å²) in [6.45, 7) is 8.46. The molecule has 2 atom stereocenters. The third-order valence-corrected chi connectivity index (χ3v) is 3.96. The summed E-state index contributed by atoms with van der Waals surface area (Å²) >= 11 is 0. The van der Waals surface area contributed by atoms with Crippen LogP contribution in [0.25, 0.3) is 0 Å². The fraction of sp³-hybridized carbons (Fsp3) is 0.867. The first-order chi connectivity index (χ1) is 7.74. The van der Waals surface area contributed by atoms with Crippen molar-refractivity contribution < 1.29 is 0 Å². The zero-order chi connectivity index (χ0) is 11.8. The monoisotopic (exact) mass is 223 g/mol. The largest absolute Gasteiger partial charge is 0.311 e. The second kappa shape index (κ2) is 7.89. The average Bonchev–Trinajstić information content (AvgIpc) is 2.54. The molecule has 1 heteroatoms. The van der Waals surface area contributed by atoms with Crippen LogP contribution in [0.2, 0.25) is 0 Å². The Hall–Kier alpha value is -0.300. The van der Waals surface area contributed by atoms with Crippen LogP contribution >= 0.6 is 0 Å². The lowest BCUT2D eigenvalue weighted by Crippen LogP contribution is -2.39. The van der Waals surface area contributed by atoms with E-state index in [1.54, 1.807) is 0 Å². The van der Waals surface area contributed by atoms with Gasteiger partial charge < -0.3 is 5.32 Å². The number of allylic oxidation sites excluding steroid dienone is 1. The van der Waals surface area contributed by atoms with E-state index in [9.17, 15) is 0 Å². The Morgan fingerprint density at radius 3 is 2.38 bits per heavy atom. The van der Waals surface area contributed by atoms with Crippen molar-refractivity contribution in [2.45, 2.75) is 77.3 Å². The predicted molar refractivity (Wildman–Crippen MR) is 72.7 cm³/mol. The van der Waals surface area contributed by atoms with Crippen molar-refractivity contribution in [3.05, 3.63) is 12.7 Å². The molecule has 1 saturated carbocycles. The molecule has 0 aromatic rings. The Kier molecular flexibility index (Phi) is 6.79. The molecule has 0 aliphatic heterocycles. The lowest BCUT2D eigenvalue weighted by molar-refractivity contribution is 0.309. The fourth-order valence-corrected chi connectivity index (χ4v) is 2.85. The van der Waals surface area contributed by atoms with Crippen LogP contribution in [0.1, 0.15) is 65.2 Å². The topological polar surface area (TPSA) is 12.0 Å². The molecule has 1 N–H and O–H groups in total.